The Bertz CT molecular complexity index is 107. The van der Waals surface area contributed by atoms with Gasteiger partial charge in [0.25, 0.3) is 0 Å². The summed E-state index contributed by atoms with van der Waals surface area (Å²) in [6.07, 6.45) is 11.2. The molecule has 0 rings (SSSR count). The topological polar surface area (TPSA) is 26.0 Å². The summed E-state index contributed by atoms with van der Waals surface area (Å²) in [6.45, 7) is 12.9. The smallest absolute Gasteiger partial charge is 0.00297 e. The summed E-state index contributed by atoms with van der Waals surface area (Å²) in [5.41, 5.74) is 4.61. The van der Waals surface area contributed by atoms with Crippen molar-refractivity contribution in [3.05, 3.63) is 24.9 Å². The number of hydrogen-bond donors (Lipinski definition) is 1. The number of rotatable bonds is 1. The third kappa shape index (κ3) is 1200. The SMILES string of the molecule is C#CC.C/C=C\CC.C=CN.CC. The van der Waals surface area contributed by atoms with E-state index in [1.807, 2.05) is 20.8 Å². The molecule has 0 aliphatic carbocycles. The van der Waals surface area contributed by atoms with Gasteiger partial charge in [-0.2, -0.15) is 0 Å². The molecule has 78 valence electrons. The van der Waals surface area contributed by atoms with Crippen LogP contribution in [0.5, 0.6) is 0 Å². The molecule has 0 amide bonds. The van der Waals surface area contributed by atoms with Crippen LogP contribution in [0.15, 0.2) is 24.9 Å². The van der Waals surface area contributed by atoms with Gasteiger partial charge in [-0.05, 0) is 26.5 Å². The van der Waals surface area contributed by atoms with E-state index in [0.717, 1.165) is 6.42 Å². The maximum Gasteiger partial charge on any atom is -0.00297 e. The van der Waals surface area contributed by atoms with Crippen LogP contribution in [0, 0.1) is 12.3 Å². The van der Waals surface area contributed by atoms with Gasteiger partial charge in [-0.3, -0.25) is 0 Å². The zero-order valence-corrected chi connectivity index (χ0v) is 9.80. The molecule has 0 unspecified atom stereocenters. The molecule has 0 radical (unpaired) electrons. The van der Waals surface area contributed by atoms with E-state index in [1.165, 1.54) is 6.20 Å². The first-order valence-electron chi connectivity index (χ1n) is 4.56. The molecule has 0 saturated heterocycles. The van der Waals surface area contributed by atoms with Gasteiger partial charge >= 0.3 is 0 Å². The van der Waals surface area contributed by atoms with E-state index in [1.54, 1.807) is 6.92 Å². The van der Waals surface area contributed by atoms with Gasteiger partial charge in [0.15, 0.2) is 0 Å². The second-order valence-electron chi connectivity index (χ2n) is 1.50. The summed E-state index contributed by atoms with van der Waals surface area (Å²) in [4.78, 5) is 0. The predicted molar refractivity (Wildman–Crippen MR) is 65.3 cm³/mol. The Morgan fingerprint density at radius 2 is 1.69 bits per heavy atom. The molecular formula is C12H25N. The summed E-state index contributed by atoms with van der Waals surface area (Å²) in [5.74, 6) is 2.25. The van der Waals surface area contributed by atoms with Gasteiger partial charge in [-0.1, -0.05) is 39.5 Å². The standard InChI is InChI=1S/C5H10.C3H4.C2H5N.C2H6/c1-3-5-4-2;1-3-2;1-2-3;1-2/h3,5H,4H2,1-2H3;1H,2H3;2H,1,3H2;1-2H3/b5-3-;;;. The van der Waals surface area contributed by atoms with Crippen LogP contribution in [0.25, 0.3) is 0 Å². The molecule has 0 heterocycles. The lowest BCUT2D eigenvalue weighted by Crippen LogP contribution is -1.67. The number of allylic oxidation sites excluding steroid dienone is 2. The lowest BCUT2D eigenvalue weighted by molar-refractivity contribution is 1.22. The molecule has 0 aromatic rings. The fourth-order valence-corrected chi connectivity index (χ4v) is 0.236. The molecule has 0 atom stereocenters. The van der Waals surface area contributed by atoms with Crippen molar-refractivity contribution in [2.45, 2.75) is 41.0 Å². The molecule has 0 saturated carbocycles. The Balaban J connectivity index is -0.0000000446. The molecule has 0 aromatic heterocycles. The molecule has 0 aliphatic heterocycles. The Morgan fingerprint density at radius 3 is 1.69 bits per heavy atom. The lowest BCUT2D eigenvalue weighted by Gasteiger charge is -1.65. The Kier molecular flexibility index (Phi) is 124. The normalized spacial score (nSPS) is 5.85. The fraction of sp³-hybridized carbons (Fsp3) is 0.500. The van der Waals surface area contributed by atoms with Gasteiger partial charge < -0.3 is 5.73 Å². The van der Waals surface area contributed by atoms with Gasteiger partial charge in [0.2, 0.25) is 0 Å². The largest absolute Gasteiger partial charge is 0.405 e. The Morgan fingerprint density at radius 1 is 1.46 bits per heavy atom. The molecule has 0 aromatic carbocycles. The summed E-state index contributed by atoms with van der Waals surface area (Å²) < 4.78 is 0. The maximum atomic E-state index is 4.61. The first-order chi connectivity index (χ1) is 6.24. The van der Waals surface area contributed by atoms with Crippen molar-refractivity contribution < 1.29 is 0 Å². The van der Waals surface area contributed by atoms with E-state index in [2.05, 4.69) is 43.7 Å². The van der Waals surface area contributed by atoms with Gasteiger partial charge in [-0.15, -0.1) is 12.3 Å². The van der Waals surface area contributed by atoms with Crippen molar-refractivity contribution in [2.24, 2.45) is 5.73 Å². The highest BCUT2D eigenvalue weighted by Crippen LogP contribution is 1.73. The lowest BCUT2D eigenvalue weighted by atomic mass is 10.4. The highest BCUT2D eigenvalue weighted by Gasteiger charge is 1.52. The first-order valence-corrected chi connectivity index (χ1v) is 4.56. The summed E-state index contributed by atoms with van der Waals surface area (Å²) in [5, 5.41) is 0. The highest BCUT2D eigenvalue weighted by atomic mass is 14.5. The van der Waals surface area contributed by atoms with E-state index in [9.17, 15) is 0 Å². The van der Waals surface area contributed by atoms with E-state index < -0.39 is 0 Å². The minimum absolute atomic E-state index is 1.16. The third-order valence-corrected chi connectivity index (χ3v) is 0.471. The minimum Gasteiger partial charge on any atom is -0.405 e. The van der Waals surface area contributed by atoms with Crippen molar-refractivity contribution in [3.8, 4) is 12.3 Å². The van der Waals surface area contributed by atoms with Crippen molar-refractivity contribution in [1.29, 1.82) is 0 Å². The van der Waals surface area contributed by atoms with E-state index >= 15 is 0 Å². The van der Waals surface area contributed by atoms with Crippen LogP contribution in [-0.2, 0) is 0 Å². The van der Waals surface area contributed by atoms with Gasteiger partial charge in [0, 0.05) is 0 Å². The van der Waals surface area contributed by atoms with Crippen LogP contribution >= 0.6 is 0 Å². The average molecular weight is 183 g/mol. The number of hydrogen-bond acceptors (Lipinski definition) is 1. The molecular weight excluding hydrogens is 158 g/mol. The van der Waals surface area contributed by atoms with Crippen molar-refractivity contribution in [2.75, 3.05) is 0 Å². The van der Waals surface area contributed by atoms with Gasteiger partial charge in [0.1, 0.15) is 0 Å². The molecule has 2 N–H and O–H groups in total. The molecule has 0 fully saturated rings. The monoisotopic (exact) mass is 183 g/mol. The molecule has 0 spiro atoms. The fourth-order valence-electron chi connectivity index (χ4n) is 0.236. The molecule has 1 heteroatoms. The summed E-state index contributed by atoms with van der Waals surface area (Å²) in [7, 11) is 0. The first kappa shape index (κ1) is 22.6. The number of nitrogens with two attached hydrogens (primary N) is 1. The highest BCUT2D eigenvalue weighted by molar-refractivity contribution is 4.73. The minimum atomic E-state index is 1.16. The maximum absolute atomic E-state index is 4.61. The van der Waals surface area contributed by atoms with E-state index in [4.69, 9.17) is 0 Å². The van der Waals surface area contributed by atoms with Crippen LogP contribution < -0.4 is 5.73 Å². The Hall–Kier alpha value is -1.16. The quantitative estimate of drug-likeness (QED) is 0.486. The average Bonchev–Trinajstić information content (AvgIpc) is 2.12. The third-order valence-electron chi connectivity index (χ3n) is 0.471. The van der Waals surface area contributed by atoms with Crippen molar-refractivity contribution >= 4 is 0 Å². The van der Waals surface area contributed by atoms with Crippen LogP contribution in [0.1, 0.15) is 41.0 Å². The molecule has 13 heavy (non-hydrogen) atoms. The van der Waals surface area contributed by atoms with Gasteiger partial charge in [0.05, 0.1) is 0 Å². The Labute approximate surface area is 84.7 Å². The molecule has 0 aliphatic rings. The zero-order valence-electron chi connectivity index (χ0n) is 9.80. The second-order valence-corrected chi connectivity index (χ2v) is 1.50. The van der Waals surface area contributed by atoms with Crippen LogP contribution in [0.2, 0.25) is 0 Å². The predicted octanol–water partition coefficient (Wildman–Crippen LogP) is 3.73. The van der Waals surface area contributed by atoms with Gasteiger partial charge in [-0.25, -0.2) is 0 Å². The molecule has 1 nitrogen and oxygen atoms in total. The van der Waals surface area contributed by atoms with E-state index in [0.29, 0.717) is 0 Å². The summed E-state index contributed by atoms with van der Waals surface area (Å²) in [6, 6.07) is 0. The van der Waals surface area contributed by atoms with Crippen LogP contribution in [-0.4, -0.2) is 0 Å². The second kappa shape index (κ2) is 71.2. The summed E-state index contributed by atoms with van der Waals surface area (Å²) >= 11 is 0. The van der Waals surface area contributed by atoms with E-state index in [-0.39, 0.29) is 0 Å². The van der Waals surface area contributed by atoms with Crippen molar-refractivity contribution in [3.63, 3.8) is 0 Å². The van der Waals surface area contributed by atoms with Crippen molar-refractivity contribution in [1.82, 2.24) is 0 Å². The number of terminal acetylenes is 1. The zero-order chi connectivity index (χ0) is 11.5. The van der Waals surface area contributed by atoms with Crippen LogP contribution in [0.4, 0.5) is 0 Å². The van der Waals surface area contributed by atoms with Crippen LogP contribution in [0.3, 0.4) is 0 Å². The molecule has 0 bridgehead atoms.